The van der Waals surface area contributed by atoms with Crippen molar-refractivity contribution in [3.05, 3.63) is 23.8 Å². The lowest BCUT2D eigenvalue weighted by molar-refractivity contribution is -0.125. The second-order valence-electron chi connectivity index (χ2n) is 5.73. The Hall–Kier alpha value is -2.24. The highest BCUT2D eigenvalue weighted by Gasteiger charge is 2.39. The molecule has 1 aliphatic heterocycles. The Morgan fingerprint density at radius 1 is 1.43 bits per heavy atom. The average molecular weight is 290 g/mol. The standard InChI is InChI=1S/C15H22N4O2/c1-3-18-13(20)10-4-5-12(11(16)8-10)19-7-6-15(2,9-19)14(17)21/h4-5,8H,3,6-7,9,16H2,1-2H3,(H2,17,21)(H,18,20). The number of hydrogen-bond donors (Lipinski definition) is 3. The molecule has 2 rings (SSSR count). The smallest absolute Gasteiger partial charge is 0.251 e. The summed E-state index contributed by atoms with van der Waals surface area (Å²) in [5.41, 5.74) is 12.9. The van der Waals surface area contributed by atoms with E-state index in [2.05, 4.69) is 5.32 Å². The molecule has 0 aliphatic carbocycles. The number of rotatable bonds is 4. The lowest BCUT2D eigenvalue weighted by Gasteiger charge is -2.24. The predicted molar refractivity (Wildman–Crippen MR) is 83.0 cm³/mol. The molecule has 1 aromatic carbocycles. The van der Waals surface area contributed by atoms with Gasteiger partial charge in [0.2, 0.25) is 5.91 Å². The number of carbonyl (C=O) groups excluding carboxylic acids is 2. The summed E-state index contributed by atoms with van der Waals surface area (Å²) in [5.74, 6) is -0.429. The second-order valence-corrected chi connectivity index (χ2v) is 5.73. The van der Waals surface area contributed by atoms with Crippen LogP contribution in [0.5, 0.6) is 0 Å². The van der Waals surface area contributed by atoms with Gasteiger partial charge in [-0.3, -0.25) is 9.59 Å². The number of nitrogens with two attached hydrogens (primary N) is 2. The first kappa shape index (κ1) is 15.2. The van der Waals surface area contributed by atoms with Crippen LogP contribution in [0.4, 0.5) is 11.4 Å². The number of nitrogens with zero attached hydrogens (tertiary/aromatic N) is 1. The third-order valence-corrected chi connectivity index (χ3v) is 4.04. The Labute approximate surface area is 124 Å². The fourth-order valence-electron chi connectivity index (χ4n) is 2.61. The van der Waals surface area contributed by atoms with Crippen LogP contribution in [-0.2, 0) is 4.79 Å². The maximum Gasteiger partial charge on any atom is 0.251 e. The van der Waals surface area contributed by atoms with Crippen LogP contribution in [0.15, 0.2) is 18.2 Å². The SMILES string of the molecule is CCNC(=O)c1ccc(N2CCC(C)(C(N)=O)C2)c(N)c1. The summed E-state index contributed by atoms with van der Waals surface area (Å²) in [5, 5.41) is 2.74. The molecule has 0 spiro atoms. The van der Waals surface area contributed by atoms with Crippen molar-refractivity contribution in [1.29, 1.82) is 0 Å². The molecular weight excluding hydrogens is 268 g/mol. The Morgan fingerprint density at radius 2 is 2.14 bits per heavy atom. The molecule has 0 bridgehead atoms. The number of hydrogen-bond acceptors (Lipinski definition) is 4. The minimum atomic E-state index is -0.523. The number of anilines is 2. The first-order chi connectivity index (χ1) is 9.87. The van der Waals surface area contributed by atoms with Crippen molar-refractivity contribution in [2.75, 3.05) is 30.3 Å². The summed E-state index contributed by atoms with van der Waals surface area (Å²) in [7, 11) is 0. The highest BCUT2D eigenvalue weighted by Crippen LogP contribution is 2.35. The molecule has 1 aliphatic rings. The van der Waals surface area contributed by atoms with Crippen molar-refractivity contribution < 1.29 is 9.59 Å². The van der Waals surface area contributed by atoms with Crippen molar-refractivity contribution in [2.45, 2.75) is 20.3 Å². The quantitative estimate of drug-likeness (QED) is 0.711. The molecule has 1 saturated heterocycles. The van der Waals surface area contributed by atoms with Crippen LogP contribution in [-0.4, -0.2) is 31.4 Å². The first-order valence-corrected chi connectivity index (χ1v) is 7.10. The third-order valence-electron chi connectivity index (χ3n) is 4.04. The van der Waals surface area contributed by atoms with Crippen molar-refractivity contribution in [1.82, 2.24) is 5.32 Å². The number of carbonyl (C=O) groups is 2. The summed E-state index contributed by atoms with van der Waals surface area (Å²) in [6.07, 6.45) is 0.708. The van der Waals surface area contributed by atoms with E-state index in [1.165, 1.54) is 0 Å². The average Bonchev–Trinajstić information content (AvgIpc) is 2.83. The predicted octanol–water partition coefficient (Wildman–Crippen LogP) is 0.720. The molecule has 0 aromatic heterocycles. The lowest BCUT2D eigenvalue weighted by atomic mass is 9.89. The lowest BCUT2D eigenvalue weighted by Crippen LogP contribution is -2.37. The summed E-state index contributed by atoms with van der Waals surface area (Å²) in [6.45, 7) is 5.58. The van der Waals surface area contributed by atoms with Gasteiger partial charge in [0.25, 0.3) is 5.91 Å². The minimum absolute atomic E-state index is 0.140. The monoisotopic (exact) mass is 290 g/mol. The van der Waals surface area contributed by atoms with Crippen LogP contribution in [0.3, 0.4) is 0 Å². The van der Waals surface area contributed by atoms with Gasteiger partial charge >= 0.3 is 0 Å². The molecule has 1 heterocycles. The molecule has 1 fully saturated rings. The molecule has 1 atom stereocenters. The van der Waals surface area contributed by atoms with Gasteiger partial charge < -0.3 is 21.7 Å². The van der Waals surface area contributed by atoms with Gasteiger partial charge in [-0.2, -0.15) is 0 Å². The molecule has 0 radical (unpaired) electrons. The van der Waals surface area contributed by atoms with E-state index in [0.29, 0.717) is 30.8 Å². The van der Waals surface area contributed by atoms with Crippen LogP contribution in [0.1, 0.15) is 30.6 Å². The fourth-order valence-corrected chi connectivity index (χ4v) is 2.61. The highest BCUT2D eigenvalue weighted by atomic mass is 16.2. The molecule has 6 heteroatoms. The second kappa shape index (κ2) is 5.63. The van der Waals surface area contributed by atoms with Crippen molar-refractivity contribution in [3.63, 3.8) is 0 Å². The molecule has 0 saturated carbocycles. The first-order valence-electron chi connectivity index (χ1n) is 7.10. The molecule has 2 amide bonds. The summed E-state index contributed by atoms with van der Waals surface area (Å²) in [4.78, 5) is 25.3. The van der Waals surface area contributed by atoms with Gasteiger partial charge in [0.15, 0.2) is 0 Å². The third kappa shape index (κ3) is 2.94. The number of benzene rings is 1. The Balaban J connectivity index is 2.19. The normalized spacial score (nSPS) is 21.3. The van der Waals surface area contributed by atoms with Crippen LogP contribution in [0.25, 0.3) is 0 Å². The number of nitrogen functional groups attached to an aromatic ring is 1. The fraction of sp³-hybridized carbons (Fsp3) is 0.467. The summed E-state index contributed by atoms with van der Waals surface area (Å²) < 4.78 is 0. The minimum Gasteiger partial charge on any atom is -0.397 e. The molecule has 1 aromatic rings. The van der Waals surface area contributed by atoms with Crippen molar-refractivity contribution >= 4 is 23.2 Å². The molecule has 5 N–H and O–H groups in total. The largest absolute Gasteiger partial charge is 0.397 e. The zero-order valence-corrected chi connectivity index (χ0v) is 12.5. The van der Waals surface area contributed by atoms with E-state index >= 15 is 0 Å². The Kier molecular flexibility index (Phi) is 4.06. The molecule has 21 heavy (non-hydrogen) atoms. The summed E-state index contributed by atoms with van der Waals surface area (Å²) >= 11 is 0. The van der Waals surface area contributed by atoms with Gasteiger partial charge in [-0.1, -0.05) is 0 Å². The maximum atomic E-state index is 11.8. The van der Waals surface area contributed by atoms with Crippen molar-refractivity contribution in [3.8, 4) is 0 Å². The van der Waals surface area contributed by atoms with Gasteiger partial charge in [0.05, 0.1) is 16.8 Å². The van der Waals surface area contributed by atoms with E-state index in [-0.39, 0.29) is 11.8 Å². The van der Waals surface area contributed by atoms with Gasteiger partial charge in [0, 0.05) is 25.2 Å². The van der Waals surface area contributed by atoms with E-state index < -0.39 is 5.41 Å². The van der Waals surface area contributed by atoms with E-state index in [1.54, 1.807) is 12.1 Å². The van der Waals surface area contributed by atoms with Crippen LogP contribution >= 0.6 is 0 Å². The topological polar surface area (TPSA) is 101 Å². The molecule has 6 nitrogen and oxygen atoms in total. The van der Waals surface area contributed by atoms with Crippen molar-refractivity contribution in [2.24, 2.45) is 11.1 Å². The van der Waals surface area contributed by atoms with E-state index in [0.717, 1.165) is 12.2 Å². The molecule has 114 valence electrons. The maximum absolute atomic E-state index is 11.8. The number of amides is 2. The van der Waals surface area contributed by atoms with E-state index in [1.807, 2.05) is 24.8 Å². The molecular formula is C15H22N4O2. The molecule has 1 unspecified atom stereocenters. The van der Waals surface area contributed by atoms with Gasteiger partial charge in [-0.05, 0) is 38.5 Å². The van der Waals surface area contributed by atoms with E-state index in [9.17, 15) is 9.59 Å². The van der Waals surface area contributed by atoms with Crippen LogP contribution in [0.2, 0.25) is 0 Å². The summed E-state index contributed by atoms with van der Waals surface area (Å²) in [6, 6.07) is 5.24. The Bertz CT molecular complexity index is 573. The highest BCUT2D eigenvalue weighted by molar-refractivity contribution is 5.96. The van der Waals surface area contributed by atoms with Gasteiger partial charge in [0.1, 0.15) is 0 Å². The number of nitrogens with one attached hydrogen (secondary N) is 1. The van der Waals surface area contributed by atoms with Gasteiger partial charge in [-0.15, -0.1) is 0 Å². The zero-order valence-electron chi connectivity index (χ0n) is 12.5. The van der Waals surface area contributed by atoms with E-state index in [4.69, 9.17) is 11.5 Å². The Morgan fingerprint density at radius 3 is 2.67 bits per heavy atom. The zero-order chi connectivity index (χ0) is 15.6. The van der Waals surface area contributed by atoms with Crippen LogP contribution < -0.4 is 21.7 Å². The van der Waals surface area contributed by atoms with Crippen LogP contribution in [0, 0.1) is 5.41 Å². The van der Waals surface area contributed by atoms with Gasteiger partial charge in [-0.25, -0.2) is 0 Å². The number of primary amides is 1.